The van der Waals surface area contributed by atoms with Gasteiger partial charge in [-0.2, -0.15) is 18.2 Å². The predicted molar refractivity (Wildman–Crippen MR) is 84.1 cm³/mol. The summed E-state index contributed by atoms with van der Waals surface area (Å²) < 4.78 is 41.4. The van der Waals surface area contributed by atoms with Crippen LogP contribution in [0.15, 0.2) is 24.8 Å². The number of nitrogens with zero attached hydrogens (tertiary/aromatic N) is 6. The lowest BCUT2D eigenvalue weighted by molar-refractivity contribution is -0.141. The quantitative estimate of drug-likeness (QED) is 0.860. The zero-order chi connectivity index (χ0) is 17.3. The highest BCUT2D eigenvalue weighted by Crippen LogP contribution is 2.32. The molecule has 0 amide bonds. The monoisotopic (exact) mass is 340 g/mol. The van der Waals surface area contributed by atoms with Gasteiger partial charge in [0.2, 0.25) is 5.95 Å². The molecular formula is C15H19F3N6. The Kier molecular flexibility index (Phi) is 4.33. The predicted octanol–water partition coefficient (Wildman–Crippen LogP) is 2.60. The SMILES string of the molecule is CN(C)c1cc(C(F)(F)F)nc(N2CCCC(n3ccnc3)C2)n1. The molecule has 0 radical (unpaired) electrons. The van der Waals surface area contributed by atoms with E-state index in [1.165, 1.54) is 0 Å². The first-order valence-corrected chi connectivity index (χ1v) is 7.70. The number of anilines is 2. The van der Waals surface area contributed by atoms with Gasteiger partial charge in [0.05, 0.1) is 12.4 Å². The van der Waals surface area contributed by atoms with E-state index in [-0.39, 0.29) is 17.8 Å². The van der Waals surface area contributed by atoms with Gasteiger partial charge in [0, 0.05) is 45.6 Å². The van der Waals surface area contributed by atoms with Crippen molar-refractivity contribution in [3.63, 3.8) is 0 Å². The van der Waals surface area contributed by atoms with Crippen LogP contribution in [0.4, 0.5) is 24.9 Å². The summed E-state index contributed by atoms with van der Waals surface area (Å²) in [6, 6.07) is 1.13. The maximum atomic E-state index is 13.1. The molecule has 6 nitrogen and oxygen atoms in total. The molecule has 1 aliphatic heterocycles. The maximum Gasteiger partial charge on any atom is 0.433 e. The van der Waals surface area contributed by atoms with E-state index in [2.05, 4.69) is 15.0 Å². The molecule has 1 saturated heterocycles. The molecule has 0 aliphatic carbocycles. The minimum Gasteiger partial charge on any atom is -0.363 e. The molecule has 1 aliphatic rings. The number of rotatable bonds is 3. The zero-order valence-corrected chi connectivity index (χ0v) is 13.5. The number of aromatic nitrogens is 4. The second-order valence-electron chi connectivity index (χ2n) is 6.06. The number of hydrogen-bond donors (Lipinski definition) is 0. The molecular weight excluding hydrogens is 321 g/mol. The van der Waals surface area contributed by atoms with Crippen molar-refractivity contribution < 1.29 is 13.2 Å². The first-order valence-electron chi connectivity index (χ1n) is 7.70. The van der Waals surface area contributed by atoms with Crippen molar-refractivity contribution in [3.05, 3.63) is 30.5 Å². The van der Waals surface area contributed by atoms with Crippen LogP contribution in [0, 0.1) is 0 Å². The first kappa shape index (κ1) is 16.5. The van der Waals surface area contributed by atoms with E-state index in [1.54, 1.807) is 31.5 Å². The van der Waals surface area contributed by atoms with E-state index in [0.717, 1.165) is 18.9 Å². The molecule has 9 heteroatoms. The van der Waals surface area contributed by atoms with E-state index in [1.807, 2.05) is 15.7 Å². The molecule has 2 aromatic rings. The Labute approximate surface area is 137 Å². The molecule has 2 aromatic heterocycles. The van der Waals surface area contributed by atoms with Gasteiger partial charge in [0.1, 0.15) is 5.82 Å². The van der Waals surface area contributed by atoms with Gasteiger partial charge >= 0.3 is 6.18 Å². The molecule has 24 heavy (non-hydrogen) atoms. The molecule has 0 N–H and O–H groups in total. The second kappa shape index (κ2) is 6.29. The smallest absolute Gasteiger partial charge is 0.363 e. The van der Waals surface area contributed by atoms with Gasteiger partial charge in [0.15, 0.2) is 5.69 Å². The Balaban J connectivity index is 1.91. The summed E-state index contributed by atoms with van der Waals surface area (Å²) >= 11 is 0. The summed E-state index contributed by atoms with van der Waals surface area (Å²) in [4.78, 5) is 15.5. The van der Waals surface area contributed by atoms with Gasteiger partial charge in [-0.15, -0.1) is 0 Å². The molecule has 3 rings (SSSR count). The van der Waals surface area contributed by atoms with Crippen molar-refractivity contribution >= 4 is 11.8 Å². The Morgan fingerprint density at radius 1 is 1.25 bits per heavy atom. The average molecular weight is 340 g/mol. The van der Waals surface area contributed by atoms with E-state index >= 15 is 0 Å². The average Bonchev–Trinajstić information content (AvgIpc) is 3.08. The summed E-state index contributed by atoms with van der Waals surface area (Å²) in [7, 11) is 3.33. The van der Waals surface area contributed by atoms with Crippen LogP contribution in [0.1, 0.15) is 24.6 Å². The minimum atomic E-state index is -4.50. The number of halogens is 3. The topological polar surface area (TPSA) is 50.1 Å². The van der Waals surface area contributed by atoms with Crippen LogP contribution < -0.4 is 9.80 Å². The summed E-state index contributed by atoms with van der Waals surface area (Å²) in [5.41, 5.74) is -0.916. The van der Waals surface area contributed by atoms with E-state index in [4.69, 9.17) is 0 Å². The number of imidazole rings is 1. The molecule has 0 saturated carbocycles. The van der Waals surface area contributed by atoms with Crippen molar-refractivity contribution in [1.82, 2.24) is 19.5 Å². The fraction of sp³-hybridized carbons (Fsp3) is 0.533. The third-order valence-corrected chi connectivity index (χ3v) is 4.08. The highest BCUT2D eigenvalue weighted by Gasteiger charge is 2.35. The van der Waals surface area contributed by atoms with Gasteiger partial charge in [0.25, 0.3) is 0 Å². The summed E-state index contributed by atoms with van der Waals surface area (Å²) in [6.07, 6.45) is 2.61. The molecule has 3 heterocycles. The summed E-state index contributed by atoms with van der Waals surface area (Å²) in [5.74, 6) is 0.371. The van der Waals surface area contributed by atoms with Gasteiger partial charge in [-0.1, -0.05) is 0 Å². The summed E-state index contributed by atoms with van der Waals surface area (Å²) in [5, 5.41) is 0. The lowest BCUT2D eigenvalue weighted by Crippen LogP contribution is -2.38. The molecule has 130 valence electrons. The van der Waals surface area contributed by atoms with Crippen LogP contribution in [-0.2, 0) is 6.18 Å². The highest BCUT2D eigenvalue weighted by atomic mass is 19.4. The van der Waals surface area contributed by atoms with Gasteiger partial charge < -0.3 is 14.4 Å². The third-order valence-electron chi connectivity index (χ3n) is 4.08. The van der Waals surface area contributed by atoms with Crippen LogP contribution in [0.3, 0.4) is 0 Å². The largest absolute Gasteiger partial charge is 0.433 e. The third kappa shape index (κ3) is 3.44. The van der Waals surface area contributed by atoms with E-state index in [0.29, 0.717) is 13.1 Å². The number of piperidine rings is 1. The lowest BCUT2D eigenvalue weighted by Gasteiger charge is -2.34. The Hall–Kier alpha value is -2.32. The molecule has 1 fully saturated rings. The van der Waals surface area contributed by atoms with Gasteiger partial charge in [-0.05, 0) is 12.8 Å². The molecule has 1 atom stereocenters. The van der Waals surface area contributed by atoms with Crippen molar-refractivity contribution in [1.29, 1.82) is 0 Å². The number of alkyl halides is 3. The Bertz CT molecular complexity index is 683. The van der Waals surface area contributed by atoms with Crippen LogP contribution >= 0.6 is 0 Å². The van der Waals surface area contributed by atoms with Crippen LogP contribution in [0.25, 0.3) is 0 Å². The fourth-order valence-electron chi connectivity index (χ4n) is 2.80. The normalized spacial score (nSPS) is 18.7. The Morgan fingerprint density at radius 3 is 2.67 bits per heavy atom. The minimum absolute atomic E-state index is 0.123. The van der Waals surface area contributed by atoms with E-state index < -0.39 is 11.9 Å². The van der Waals surface area contributed by atoms with Crippen LogP contribution in [0.5, 0.6) is 0 Å². The van der Waals surface area contributed by atoms with Crippen molar-refractivity contribution in [2.45, 2.75) is 25.1 Å². The Morgan fingerprint density at radius 2 is 2.04 bits per heavy atom. The zero-order valence-electron chi connectivity index (χ0n) is 13.5. The van der Waals surface area contributed by atoms with Crippen LogP contribution in [0.2, 0.25) is 0 Å². The molecule has 0 spiro atoms. The molecule has 0 bridgehead atoms. The first-order chi connectivity index (χ1) is 11.3. The van der Waals surface area contributed by atoms with Crippen LogP contribution in [-0.4, -0.2) is 46.7 Å². The maximum absolute atomic E-state index is 13.1. The molecule has 1 unspecified atom stereocenters. The fourth-order valence-corrected chi connectivity index (χ4v) is 2.80. The molecule has 0 aromatic carbocycles. The van der Waals surface area contributed by atoms with E-state index in [9.17, 15) is 13.2 Å². The lowest BCUT2D eigenvalue weighted by atomic mass is 10.1. The second-order valence-corrected chi connectivity index (χ2v) is 6.06. The van der Waals surface area contributed by atoms with Gasteiger partial charge in [-0.3, -0.25) is 0 Å². The van der Waals surface area contributed by atoms with Crippen molar-refractivity contribution in [2.75, 3.05) is 37.0 Å². The van der Waals surface area contributed by atoms with Crippen molar-refractivity contribution in [2.24, 2.45) is 0 Å². The standard InChI is InChI=1S/C15H19F3N6/c1-22(2)13-8-12(15(16,17)18)20-14(21-13)23-6-3-4-11(9-23)24-7-5-19-10-24/h5,7-8,10-11H,3-4,6,9H2,1-2H3. The number of hydrogen-bond acceptors (Lipinski definition) is 5. The van der Waals surface area contributed by atoms with Crippen molar-refractivity contribution in [3.8, 4) is 0 Å². The summed E-state index contributed by atoms with van der Waals surface area (Å²) in [6.45, 7) is 1.20. The van der Waals surface area contributed by atoms with Gasteiger partial charge in [-0.25, -0.2) is 9.97 Å². The highest BCUT2D eigenvalue weighted by molar-refractivity contribution is 5.46.